The van der Waals surface area contributed by atoms with Crippen molar-refractivity contribution in [1.82, 2.24) is 9.97 Å². The van der Waals surface area contributed by atoms with Gasteiger partial charge in [-0.3, -0.25) is 0 Å². The number of aliphatic hydroxyl groups excluding tert-OH is 1. The van der Waals surface area contributed by atoms with E-state index in [2.05, 4.69) is 9.97 Å². The minimum atomic E-state index is -0.128. The van der Waals surface area contributed by atoms with Crippen LogP contribution in [-0.4, -0.2) is 15.1 Å². The number of nitrogens with zero attached hydrogens (tertiary/aromatic N) is 2. The molecule has 0 bridgehead atoms. The van der Waals surface area contributed by atoms with Crippen LogP contribution in [-0.2, 0) is 24.6 Å². The maximum Gasteiger partial charge on any atom is 0.115 e. The number of aliphatic hydroxyl groups is 1. The smallest absolute Gasteiger partial charge is 0.115 e. The highest BCUT2D eigenvalue weighted by Crippen LogP contribution is 2.36. The van der Waals surface area contributed by atoms with Crippen LogP contribution in [0.25, 0.3) is 11.1 Å². The van der Waals surface area contributed by atoms with Gasteiger partial charge >= 0.3 is 0 Å². The zero-order chi connectivity index (χ0) is 25.4. The van der Waals surface area contributed by atoms with Crippen molar-refractivity contribution in [2.75, 3.05) is 0 Å². The SMILES string of the molecule is Clc1ccc(COCc2ccc(Cl)cc2Cl)c(Cl)c1.OCc1ccc(Cl)c(-c2cncnc2)c1Cl. The predicted octanol–water partition coefficient (Wildman–Crippen LogP) is 8.96. The van der Waals surface area contributed by atoms with Gasteiger partial charge in [0, 0.05) is 43.6 Å². The first-order chi connectivity index (χ1) is 16.8. The van der Waals surface area contributed by atoms with E-state index >= 15 is 0 Å². The molecule has 4 aromatic rings. The average molecular weight is 591 g/mol. The highest BCUT2D eigenvalue weighted by atomic mass is 35.5. The van der Waals surface area contributed by atoms with E-state index in [0.717, 1.165) is 16.7 Å². The van der Waals surface area contributed by atoms with Crippen LogP contribution in [0.1, 0.15) is 16.7 Å². The first kappa shape index (κ1) is 28.0. The molecule has 0 fully saturated rings. The van der Waals surface area contributed by atoms with E-state index < -0.39 is 0 Å². The molecule has 0 aliphatic heterocycles. The lowest BCUT2D eigenvalue weighted by Crippen LogP contribution is -1.95. The maximum absolute atomic E-state index is 9.12. The van der Waals surface area contributed by atoms with Crippen molar-refractivity contribution in [3.63, 3.8) is 0 Å². The van der Waals surface area contributed by atoms with Crippen molar-refractivity contribution >= 4 is 69.6 Å². The van der Waals surface area contributed by atoms with Gasteiger partial charge in [-0.05, 0) is 47.0 Å². The van der Waals surface area contributed by atoms with E-state index in [0.29, 0.717) is 54.5 Å². The third kappa shape index (κ3) is 7.94. The Hall–Kier alpha value is -1.60. The third-order valence-corrected chi connectivity index (χ3v) is 6.66. The largest absolute Gasteiger partial charge is 0.392 e. The quantitative estimate of drug-likeness (QED) is 0.243. The molecule has 0 saturated heterocycles. The van der Waals surface area contributed by atoms with Gasteiger partial charge in [-0.2, -0.15) is 0 Å². The highest BCUT2D eigenvalue weighted by molar-refractivity contribution is 6.39. The summed E-state index contributed by atoms with van der Waals surface area (Å²) in [6, 6.07) is 14.0. The van der Waals surface area contributed by atoms with Crippen LogP contribution in [0.3, 0.4) is 0 Å². The summed E-state index contributed by atoms with van der Waals surface area (Å²) >= 11 is 36.0. The van der Waals surface area contributed by atoms with Gasteiger partial charge in [-0.1, -0.05) is 87.8 Å². The number of benzene rings is 3. The first-order valence-corrected chi connectivity index (χ1v) is 12.4. The summed E-state index contributed by atoms with van der Waals surface area (Å²) in [5.41, 5.74) is 3.78. The van der Waals surface area contributed by atoms with E-state index in [4.69, 9.17) is 79.4 Å². The molecular formula is C25H18Cl6N2O2. The summed E-state index contributed by atoms with van der Waals surface area (Å²) in [4.78, 5) is 7.82. The summed E-state index contributed by atoms with van der Waals surface area (Å²) in [6.07, 6.45) is 4.68. The lowest BCUT2D eigenvalue weighted by molar-refractivity contribution is 0.107. The summed E-state index contributed by atoms with van der Waals surface area (Å²) in [5, 5.41) is 12.5. The van der Waals surface area contributed by atoms with Gasteiger partial charge in [-0.15, -0.1) is 0 Å². The summed E-state index contributed by atoms with van der Waals surface area (Å²) < 4.78 is 5.59. The average Bonchev–Trinajstić information content (AvgIpc) is 2.83. The van der Waals surface area contributed by atoms with E-state index in [1.165, 1.54) is 6.33 Å². The second kappa shape index (κ2) is 13.6. The van der Waals surface area contributed by atoms with Crippen LogP contribution >= 0.6 is 69.6 Å². The van der Waals surface area contributed by atoms with Gasteiger partial charge in [0.2, 0.25) is 0 Å². The molecule has 4 nitrogen and oxygen atoms in total. The second-order valence-electron chi connectivity index (χ2n) is 7.15. The predicted molar refractivity (Wildman–Crippen MR) is 145 cm³/mol. The molecule has 0 atom stereocenters. The molecule has 0 unspecified atom stereocenters. The van der Waals surface area contributed by atoms with Crippen molar-refractivity contribution < 1.29 is 9.84 Å². The molecule has 35 heavy (non-hydrogen) atoms. The Morgan fingerprint density at radius 3 is 1.66 bits per heavy atom. The lowest BCUT2D eigenvalue weighted by atomic mass is 10.1. The van der Waals surface area contributed by atoms with Gasteiger partial charge in [0.15, 0.2) is 0 Å². The Kier molecular flexibility index (Phi) is 10.9. The molecule has 10 heteroatoms. The maximum atomic E-state index is 9.12. The minimum Gasteiger partial charge on any atom is -0.392 e. The molecule has 0 saturated carbocycles. The number of hydrogen-bond acceptors (Lipinski definition) is 4. The standard InChI is InChI=1S/C14H10Cl4O.C11H8Cl2N2O/c15-11-3-1-9(13(17)5-11)7-19-8-10-2-4-12(16)6-14(10)18;12-9-2-1-7(5-16)11(13)10(9)8-3-14-6-15-4-8/h1-6H,7-8H2;1-4,6,16H,5H2. The molecule has 0 amide bonds. The summed E-state index contributed by atoms with van der Waals surface area (Å²) in [5.74, 6) is 0. The summed E-state index contributed by atoms with van der Waals surface area (Å²) in [6.45, 7) is 0.667. The number of aromatic nitrogens is 2. The zero-order valence-corrected chi connectivity index (χ0v) is 22.5. The van der Waals surface area contributed by atoms with E-state index in [1.807, 2.05) is 12.1 Å². The van der Waals surface area contributed by atoms with Crippen LogP contribution in [0, 0.1) is 0 Å². The lowest BCUT2D eigenvalue weighted by Gasteiger charge is -2.09. The van der Waals surface area contributed by atoms with Gasteiger partial charge in [0.05, 0.1) is 29.9 Å². The molecule has 1 aromatic heterocycles. The monoisotopic (exact) mass is 588 g/mol. The number of rotatable bonds is 6. The molecule has 1 heterocycles. The third-order valence-electron chi connectivity index (χ3n) is 4.74. The molecule has 0 radical (unpaired) electrons. The van der Waals surface area contributed by atoms with Gasteiger partial charge in [0.1, 0.15) is 6.33 Å². The van der Waals surface area contributed by atoms with Gasteiger partial charge in [-0.25, -0.2) is 9.97 Å². The Balaban J connectivity index is 0.000000198. The van der Waals surface area contributed by atoms with Crippen molar-refractivity contribution in [3.8, 4) is 11.1 Å². The van der Waals surface area contributed by atoms with Crippen LogP contribution in [0.2, 0.25) is 30.1 Å². The fourth-order valence-corrected chi connectivity index (χ4v) is 4.53. The van der Waals surface area contributed by atoms with Crippen LogP contribution in [0.15, 0.2) is 67.3 Å². The van der Waals surface area contributed by atoms with Crippen molar-refractivity contribution in [3.05, 3.63) is 114 Å². The molecule has 4 rings (SSSR count). The molecular weight excluding hydrogens is 573 g/mol. The Labute approximate surface area is 233 Å². The fourth-order valence-electron chi connectivity index (χ4n) is 2.96. The molecule has 182 valence electrons. The van der Waals surface area contributed by atoms with Crippen molar-refractivity contribution in [2.45, 2.75) is 19.8 Å². The highest BCUT2D eigenvalue weighted by Gasteiger charge is 2.12. The van der Waals surface area contributed by atoms with Gasteiger partial charge < -0.3 is 9.84 Å². The normalized spacial score (nSPS) is 10.6. The minimum absolute atomic E-state index is 0.128. The zero-order valence-electron chi connectivity index (χ0n) is 18.0. The number of hydrogen-bond donors (Lipinski definition) is 1. The van der Waals surface area contributed by atoms with Crippen LogP contribution in [0.5, 0.6) is 0 Å². The second-order valence-corrected chi connectivity index (χ2v) is 9.62. The molecule has 1 N–H and O–H groups in total. The fraction of sp³-hybridized carbons (Fsp3) is 0.120. The molecule has 3 aromatic carbocycles. The Bertz CT molecular complexity index is 1240. The Morgan fingerprint density at radius 1 is 0.657 bits per heavy atom. The van der Waals surface area contributed by atoms with E-state index in [1.54, 1.807) is 48.8 Å². The molecule has 0 aliphatic rings. The van der Waals surface area contributed by atoms with E-state index in [-0.39, 0.29) is 6.61 Å². The topological polar surface area (TPSA) is 55.2 Å². The van der Waals surface area contributed by atoms with Gasteiger partial charge in [0.25, 0.3) is 0 Å². The van der Waals surface area contributed by atoms with Crippen molar-refractivity contribution in [2.24, 2.45) is 0 Å². The molecule has 0 aliphatic carbocycles. The van der Waals surface area contributed by atoms with Crippen molar-refractivity contribution in [1.29, 1.82) is 0 Å². The number of ether oxygens (including phenoxy) is 1. The molecule has 0 spiro atoms. The van der Waals surface area contributed by atoms with Crippen LogP contribution in [0.4, 0.5) is 0 Å². The Morgan fingerprint density at radius 2 is 1.17 bits per heavy atom. The first-order valence-electron chi connectivity index (χ1n) is 10.1. The van der Waals surface area contributed by atoms with Crippen LogP contribution < -0.4 is 0 Å². The van der Waals surface area contributed by atoms with E-state index in [9.17, 15) is 0 Å². The number of halogens is 6. The summed E-state index contributed by atoms with van der Waals surface area (Å²) in [7, 11) is 0.